The Morgan fingerprint density at radius 3 is 2.61 bits per heavy atom. The normalized spacial score (nSPS) is 10.0. The average molecular weight is 381 g/mol. The molecule has 6 nitrogen and oxygen atoms in total. The van der Waals surface area contributed by atoms with Gasteiger partial charge in [-0.15, -0.1) is 0 Å². The van der Waals surface area contributed by atoms with E-state index in [-0.39, 0.29) is 18.4 Å². The van der Waals surface area contributed by atoms with Crippen molar-refractivity contribution >= 4 is 23.2 Å². The second-order valence-electron chi connectivity index (χ2n) is 6.22. The van der Waals surface area contributed by atoms with Gasteiger partial charge < -0.3 is 20.7 Å². The maximum absolute atomic E-state index is 12.1. The molecule has 0 bridgehead atoms. The van der Waals surface area contributed by atoms with E-state index >= 15 is 0 Å². The molecule has 2 amide bonds. The SMILES string of the molecule is C=CCOc1ccc(NC(=O)CNc2cccc(C(=O)NCCCC)c2)cc1. The fourth-order valence-corrected chi connectivity index (χ4v) is 2.43. The van der Waals surface area contributed by atoms with Crippen LogP contribution in [0.3, 0.4) is 0 Å². The summed E-state index contributed by atoms with van der Waals surface area (Å²) in [5, 5.41) is 8.73. The van der Waals surface area contributed by atoms with Crippen LogP contribution in [0.2, 0.25) is 0 Å². The third-order valence-corrected chi connectivity index (χ3v) is 3.90. The van der Waals surface area contributed by atoms with E-state index < -0.39 is 0 Å². The number of benzene rings is 2. The van der Waals surface area contributed by atoms with Crippen LogP contribution in [-0.2, 0) is 4.79 Å². The minimum Gasteiger partial charge on any atom is -0.490 e. The molecule has 0 atom stereocenters. The number of hydrogen-bond donors (Lipinski definition) is 3. The first-order chi connectivity index (χ1) is 13.6. The topological polar surface area (TPSA) is 79.5 Å². The van der Waals surface area contributed by atoms with Crippen LogP contribution in [0.25, 0.3) is 0 Å². The molecule has 2 rings (SSSR count). The first-order valence-corrected chi connectivity index (χ1v) is 9.38. The van der Waals surface area contributed by atoms with Crippen LogP contribution in [-0.4, -0.2) is 31.5 Å². The van der Waals surface area contributed by atoms with E-state index in [2.05, 4.69) is 29.5 Å². The third-order valence-electron chi connectivity index (χ3n) is 3.90. The van der Waals surface area contributed by atoms with Gasteiger partial charge in [-0.25, -0.2) is 0 Å². The summed E-state index contributed by atoms with van der Waals surface area (Å²) in [6, 6.07) is 14.2. The number of amides is 2. The third kappa shape index (κ3) is 7.15. The first kappa shape index (κ1) is 21.0. The van der Waals surface area contributed by atoms with Crippen LogP contribution in [0, 0.1) is 0 Å². The number of anilines is 2. The van der Waals surface area contributed by atoms with Crippen LogP contribution in [0.1, 0.15) is 30.1 Å². The Labute approximate surface area is 166 Å². The largest absolute Gasteiger partial charge is 0.490 e. The van der Waals surface area contributed by atoms with Gasteiger partial charge in [0.2, 0.25) is 5.91 Å². The van der Waals surface area contributed by atoms with E-state index in [1.807, 2.05) is 6.07 Å². The van der Waals surface area contributed by atoms with Gasteiger partial charge in [0.25, 0.3) is 5.91 Å². The van der Waals surface area contributed by atoms with E-state index in [0.29, 0.717) is 35.8 Å². The number of carbonyl (C=O) groups excluding carboxylic acids is 2. The first-order valence-electron chi connectivity index (χ1n) is 9.38. The van der Waals surface area contributed by atoms with E-state index in [1.54, 1.807) is 48.5 Å². The highest BCUT2D eigenvalue weighted by atomic mass is 16.5. The molecule has 0 saturated carbocycles. The minimum absolute atomic E-state index is 0.0929. The summed E-state index contributed by atoms with van der Waals surface area (Å²) in [4.78, 5) is 24.2. The molecule has 0 aromatic heterocycles. The van der Waals surface area contributed by atoms with Crippen molar-refractivity contribution in [3.05, 3.63) is 66.7 Å². The molecule has 6 heteroatoms. The molecule has 148 valence electrons. The zero-order chi connectivity index (χ0) is 20.2. The molecule has 0 fully saturated rings. The lowest BCUT2D eigenvalue weighted by atomic mass is 10.2. The summed E-state index contributed by atoms with van der Waals surface area (Å²) in [5.41, 5.74) is 1.96. The smallest absolute Gasteiger partial charge is 0.251 e. The molecule has 0 aliphatic rings. The lowest BCUT2D eigenvalue weighted by molar-refractivity contribution is -0.114. The second kappa shape index (κ2) is 11.4. The van der Waals surface area contributed by atoms with E-state index in [1.165, 1.54) is 0 Å². The molecule has 2 aromatic carbocycles. The van der Waals surface area contributed by atoms with E-state index in [9.17, 15) is 9.59 Å². The average Bonchev–Trinajstić information content (AvgIpc) is 2.72. The van der Waals surface area contributed by atoms with Crippen molar-refractivity contribution in [2.24, 2.45) is 0 Å². The van der Waals surface area contributed by atoms with Crippen molar-refractivity contribution < 1.29 is 14.3 Å². The fraction of sp³-hybridized carbons (Fsp3) is 0.273. The van der Waals surface area contributed by atoms with Gasteiger partial charge in [0.05, 0.1) is 6.54 Å². The van der Waals surface area contributed by atoms with Crippen LogP contribution in [0.15, 0.2) is 61.2 Å². The van der Waals surface area contributed by atoms with Crippen LogP contribution in [0.5, 0.6) is 5.75 Å². The number of hydrogen-bond acceptors (Lipinski definition) is 4. The molecule has 0 saturated heterocycles. The van der Waals surface area contributed by atoms with Crippen LogP contribution < -0.4 is 20.7 Å². The van der Waals surface area contributed by atoms with Crippen molar-refractivity contribution in [1.29, 1.82) is 0 Å². The summed E-state index contributed by atoms with van der Waals surface area (Å²) < 4.78 is 5.41. The van der Waals surface area contributed by atoms with Gasteiger partial charge >= 0.3 is 0 Å². The predicted octanol–water partition coefficient (Wildman–Crippen LogP) is 3.83. The molecule has 2 aromatic rings. The van der Waals surface area contributed by atoms with Gasteiger partial charge in [-0.3, -0.25) is 9.59 Å². The highest BCUT2D eigenvalue weighted by Crippen LogP contribution is 2.16. The second-order valence-corrected chi connectivity index (χ2v) is 6.22. The Balaban J connectivity index is 1.82. The van der Waals surface area contributed by atoms with Gasteiger partial charge in [-0.2, -0.15) is 0 Å². The summed E-state index contributed by atoms with van der Waals surface area (Å²) >= 11 is 0. The number of rotatable bonds is 11. The molecule has 0 heterocycles. The van der Waals surface area contributed by atoms with Gasteiger partial charge in [0.1, 0.15) is 12.4 Å². The Morgan fingerprint density at radius 1 is 1.11 bits per heavy atom. The predicted molar refractivity (Wildman–Crippen MR) is 113 cm³/mol. The molecule has 0 aliphatic heterocycles. The van der Waals surface area contributed by atoms with Crippen LogP contribution >= 0.6 is 0 Å². The fourth-order valence-electron chi connectivity index (χ4n) is 2.43. The van der Waals surface area contributed by atoms with E-state index in [0.717, 1.165) is 12.8 Å². The standard InChI is InChI=1S/C22H27N3O3/c1-3-5-13-23-22(27)17-7-6-8-19(15-17)24-16-21(26)25-18-9-11-20(12-10-18)28-14-4-2/h4,6-12,15,24H,2-3,5,13-14,16H2,1H3,(H,23,27)(H,25,26). The molecular weight excluding hydrogens is 354 g/mol. The van der Waals surface area contributed by atoms with Crippen molar-refractivity contribution in [2.75, 3.05) is 30.3 Å². The molecule has 0 radical (unpaired) electrons. The monoisotopic (exact) mass is 381 g/mol. The van der Waals surface area contributed by atoms with E-state index in [4.69, 9.17) is 4.74 Å². The zero-order valence-electron chi connectivity index (χ0n) is 16.2. The maximum atomic E-state index is 12.1. The molecular formula is C22H27N3O3. The van der Waals surface area contributed by atoms with Gasteiger partial charge in [0.15, 0.2) is 0 Å². The maximum Gasteiger partial charge on any atom is 0.251 e. The number of ether oxygens (including phenoxy) is 1. The van der Waals surface area contributed by atoms with Gasteiger partial charge in [-0.1, -0.05) is 32.1 Å². The quantitative estimate of drug-likeness (QED) is 0.408. The number of unbranched alkanes of at least 4 members (excludes halogenated alkanes) is 1. The number of nitrogens with one attached hydrogen (secondary N) is 3. The molecule has 3 N–H and O–H groups in total. The molecule has 28 heavy (non-hydrogen) atoms. The summed E-state index contributed by atoms with van der Waals surface area (Å²) in [6.45, 7) is 6.86. The Kier molecular flexibility index (Phi) is 8.59. The van der Waals surface area contributed by atoms with Crippen molar-refractivity contribution in [3.8, 4) is 5.75 Å². The lowest BCUT2D eigenvalue weighted by Crippen LogP contribution is -2.25. The number of carbonyl (C=O) groups is 2. The Morgan fingerprint density at radius 2 is 1.89 bits per heavy atom. The van der Waals surface area contributed by atoms with Gasteiger partial charge in [-0.05, 0) is 48.9 Å². The minimum atomic E-state index is -0.183. The highest BCUT2D eigenvalue weighted by molar-refractivity contribution is 5.96. The lowest BCUT2D eigenvalue weighted by Gasteiger charge is -2.10. The van der Waals surface area contributed by atoms with Crippen molar-refractivity contribution in [1.82, 2.24) is 5.32 Å². The Hall–Kier alpha value is -3.28. The summed E-state index contributed by atoms with van der Waals surface area (Å²) in [7, 11) is 0. The zero-order valence-corrected chi connectivity index (χ0v) is 16.2. The summed E-state index contributed by atoms with van der Waals surface area (Å²) in [6.07, 6.45) is 3.65. The molecule has 0 aliphatic carbocycles. The highest BCUT2D eigenvalue weighted by Gasteiger charge is 2.07. The van der Waals surface area contributed by atoms with Crippen molar-refractivity contribution in [2.45, 2.75) is 19.8 Å². The van der Waals surface area contributed by atoms with Crippen LogP contribution in [0.4, 0.5) is 11.4 Å². The molecule has 0 unspecified atom stereocenters. The Bertz CT molecular complexity index is 788. The summed E-state index contributed by atoms with van der Waals surface area (Å²) in [5.74, 6) is 0.419. The molecule has 0 spiro atoms. The van der Waals surface area contributed by atoms with Crippen molar-refractivity contribution in [3.63, 3.8) is 0 Å². The van der Waals surface area contributed by atoms with Gasteiger partial charge in [0, 0.05) is 23.5 Å².